The summed E-state index contributed by atoms with van der Waals surface area (Å²) in [5.74, 6) is 0. The topological polar surface area (TPSA) is 3.24 Å². The minimum atomic E-state index is 0.220. The Balaban J connectivity index is 2.23. The molecule has 1 aliphatic rings. The Morgan fingerprint density at radius 2 is 1.88 bits per heavy atom. The van der Waals surface area contributed by atoms with E-state index in [4.69, 9.17) is 11.6 Å². The van der Waals surface area contributed by atoms with E-state index in [1.807, 2.05) is 12.1 Å². The first-order valence-corrected chi connectivity index (χ1v) is 6.42. The second kappa shape index (κ2) is 4.47. The van der Waals surface area contributed by atoms with Crippen LogP contribution in [0.2, 0.25) is 5.02 Å². The Morgan fingerprint density at radius 3 is 2.47 bits per heavy atom. The third-order valence-corrected chi connectivity index (χ3v) is 4.08. The predicted molar refractivity (Wildman–Crippen MR) is 74.4 cm³/mol. The van der Waals surface area contributed by atoms with Gasteiger partial charge in [0.2, 0.25) is 0 Å². The van der Waals surface area contributed by atoms with E-state index in [0.717, 1.165) is 18.0 Å². The molecule has 0 bridgehead atoms. The lowest BCUT2D eigenvalue weighted by Crippen LogP contribution is -2.41. The van der Waals surface area contributed by atoms with Crippen LogP contribution in [-0.4, -0.2) is 18.5 Å². The molecule has 0 aromatic heterocycles. The van der Waals surface area contributed by atoms with E-state index in [1.54, 1.807) is 0 Å². The molecule has 1 aromatic rings. The van der Waals surface area contributed by atoms with Crippen molar-refractivity contribution in [3.8, 4) is 0 Å². The Hall–Kier alpha value is -0.790. The maximum atomic E-state index is 5.93. The normalized spacial score (nSPS) is 24.9. The lowest BCUT2D eigenvalue weighted by molar-refractivity contribution is 0.137. The van der Waals surface area contributed by atoms with Gasteiger partial charge in [0.1, 0.15) is 0 Å². The maximum absolute atomic E-state index is 5.93. The highest BCUT2D eigenvalue weighted by atomic mass is 35.5. The molecule has 92 valence electrons. The molecule has 0 radical (unpaired) electrons. The number of nitrogens with zero attached hydrogens (tertiary/aromatic N) is 1. The zero-order chi connectivity index (χ0) is 12.6. The van der Waals surface area contributed by atoms with Gasteiger partial charge in [0.05, 0.1) is 0 Å². The second-order valence-corrected chi connectivity index (χ2v) is 6.11. The van der Waals surface area contributed by atoms with Crippen molar-refractivity contribution >= 4 is 11.6 Å². The first-order chi connectivity index (χ1) is 7.90. The van der Waals surface area contributed by atoms with Gasteiger partial charge >= 0.3 is 0 Å². The second-order valence-electron chi connectivity index (χ2n) is 5.67. The Kier molecular flexibility index (Phi) is 3.33. The van der Waals surface area contributed by atoms with Crippen molar-refractivity contribution in [3.63, 3.8) is 0 Å². The van der Waals surface area contributed by atoms with Crippen LogP contribution >= 0.6 is 11.6 Å². The fourth-order valence-corrected chi connectivity index (χ4v) is 2.69. The Morgan fingerprint density at radius 1 is 1.29 bits per heavy atom. The van der Waals surface area contributed by atoms with Crippen LogP contribution in [0, 0.1) is 5.41 Å². The maximum Gasteiger partial charge on any atom is 0.0406 e. The molecule has 0 amide bonds. The highest BCUT2D eigenvalue weighted by Crippen LogP contribution is 2.41. The van der Waals surface area contributed by atoms with Crippen LogP contribution in [-0.2, 0) is 0 Å². The Bertz CT molecular complexity index is 419. The van der Waals surface area contributed by atoms with Gasteiger partial charge in [-0.25, -0.2) is 0 Å². The monoisotopic (exact) mass is 249 g/mol. The van der Waals surface area contributed by atoms with Crippen LogP contribution in [0.25, 0.3) is 0 Å². The van der Waals surface area contributed by atoms with E-state index in [1.165, 1.54) is 11.1 Å². The summed E-state index contributed by atoms with van der Waals surface area (Å²) < 4.78 is 0. The van der Waals surface area contributed by atoms with Gasteiger partial charge in [-0.05, 0) is 36.6 Å². The number of piperidine rings is 1. The van der Waals surface area contributed by atoms with Crippen molar-refractivity contribution in [3.05, 3.63) is 47.0 Å². The first-order valence-electron chi connectivity index (χ1n) is 6.04. The smallest absolute Gasteiger partial charge is 0.0406 e. The van der Waals surface area contributed by atoms with Crippen molar-refractivity contribution < 1.29 is 0 Å². The van der Waals surface area contributed by atoms with Crippen molar-refractivity contribution in [2.45, 2.75) is 26.3 Å². The summed E-state index contributed by atoms with van der Waals surface area (Å²) >= 11 is 5.93. The standard InChI is InChI=1S/C15H20ClN/c1-11-9-14(17(4)10-15(11,2)3)12-5-7-13(16)8-6-12/h5-8,14H,1,9-10H2,2-4H3. The molecule has 1 unspecified atom stereocenters. The van der Waals surface area contributed by atoms with Crippen LogP contribution in [0.15, 0.2) is 36.4 Å². The van der Waals surface area contributed by atoms with Crippen LogP contribution in [0.1, 0.15) is 31.9 Å². The van der Waals surface area contributed by atoms with Gasteiger partial charge in [-0.3, -0.25) is 4.90 Å². The fraction of sp³-hybridized carbons (Fsp3) is 0.467. The van der Waals surface area contributed by atoms with E-state index in [2.05, 4.69) is 44.5 Å². The number of hydrogen-bond donors (Lipinski definition) is 0. The van der Waals surface area contributed by atoms with Crippen LogP contribution < -0.4 is 0 Å². The molecule has 0 aliphatic carbocycles. The molecule has 1 saturated heterocycles. The molecule has 0 spiro atoms. The third-order valence-electron chi connectivity index (χ3n) is 3.83. The minimum Gasteiger partial charge on any atom is -0.298 e. The van der Waals surface area contributed by atoms with E-state index < -0.39 is 0 Å². The molecule has 17 heavy (non-hydrogen) atoms. The molecule has 1 fully saturated rings. The molecule has 1 atom stereocenters. The molecule has 1 nitrogen and oxygen atoms in total. The molecular weight excluding hydrogens is 230 g/mol. The zero-order valence-electron chi connectivity index (χ0n) is 10.8. The summed E-state index contributed by atoms with van der Waals surface area (Å²) in [6.07, 6.45) is 1.03. The molecule has 0 saturated carbocycles. The van der Waals surface area contributed by atoms with Gasteiger partial charge in [0.25, 0.3) is 0 Å². The summed E-state index contributed by atoms with van der Waals surface area (Å²) in [4.78, 5) is 2.41. The van der Waals surface area contributed by atoms with Crippen molar-refractivity contribution in [1.82, 2.24) is 4.90 Å². The molecule has 2 heteroatoms. The number of likely N-dealkylation sites (tertiary alicyclic amines) is 1. The molecular formula is C15H20ClN. The van der Waals surface area contributed by atoms with Gasteiger partial charge in [-0.1, -0.05) is 49.7 Å². The summed E-state index contributed by atoms with van der Waals surface area (Å²) in [5.41, 5.74) is 2.89. The summed E-state index contributed by atoms with van der Waals surface area (Å²) in [6, 6.07) is 8.61. The highest BCUT2D eigenvalue weighted by Gasteiger charge is 2.34. The number of halogens is 1. The predicted octanol–water partition coefficient (Wildman–Crippen LogP) is 4.30. The van der Waals surface area contributed by atoms with Crippen LogP contribution in [0.3, 0.4) is 0 Å². The quantitative estimate of drug-likeness (QED) is 0.671. The minimum absolute atomic E-state index is 0.220. The largest absolute Gasteiger partial charge is 0.298 e. The molecule has 2 rings (SSSR count). The third kappa shape index (κ3) is 2.56. The summed E-state index contributed by atoms with van der Waals surface area (Å²) in [5, 5.41) is 0.798. The average molecular weight is 250 g/mol. The van der Waals surface area contributed by atoms with Crippen molar-refractivity contribution in [2.24, 2.45) is 5.41 Å². The van der Waals surface area contributed by atoms with Crippen molar-refractivity contribution in [2.75, 3.05) is 13.6 Å². The summed E-state index contributed by atoms with van der Waals surface area (Å²) in [7, 11) is 2.19. The fourth-order valence-electron chi connectivity index (χ4n) is 2.57. The summed E-state index contributed by atoms with van der Waals surface area (Å²) in [6.45, 7) is 9.83. The van der Waals surface area contributed by atoms with Gasteiger partial charge in [0, 0.05) is 17.6 Å². The van der Waals surface area contributed by atoms with Crippen LogP contribution in [0.5, 0.6) is 0 Å². The lowest BCUT2D eigenvalue weighted by atomic mass is 9.76. The van der Waals surface area contributed by atoms with Crippen LogP contribution in [0.4, 0.5) is 0 Å². The van der Waals surface area contributed by atoms with E-state index in [9.17, 15) is 0 Å². The van der Waals surface area contributed by atoms with Crippen molar-refractivity contribution in [1.29, 1.82) is 0 Å². The number of benzene rings is 1. The average Bonchev–Trinajstić information content (AvgIpc) is 2.24. The molecule has 1 heterocycles. The Labute approximate surface area is 109 Å². The molecule has 1 aliphatic heterocycles. The van der Waals surface area contributed by atoms with E-state index >= 15 is 0 Å². The number of hydrogen-bond acceptors (Lipinski definition) is 1. The van der Waals surface area contributed by atoms with Gasteiger partial charge in [0.15, 0.2) is 0 Å². The lowest BCUT2D eigenvalue weighted by Gasteiger charge is -2.43. The first kappa shape index (κ1) is 12.7. The van der Waals surface area contributed by atoms with Gasteiger partial charge in [-0.15, -0.1) is 0 Å². The molecule has 0 N–H and O–H groups in total. The van der Waals surface area contributed by atoms with E-state index in [0.29, 0.717) is 6.04 Å². The zero-order valence-corrected chi connectivity index (χ0v) is 11.6. The van der Waals surface area contributed by atoms with Gasteiger partial charge in [-0.2, -0.15) is 0 Å². The SMILES string of the molecule is C=C1CC(c2ccc(Cl)cc2)N(C)CC1(C)C. The van der Waals surface area contributed by atoms with E-state index in [-0.39, 0.29) is 5.41 Å². The highest BCUT2D eigenvalue weighted by molar-refractivity contribution is 6.30. The molecule has 1 aromatic carbocycles. The van der Waals surface area contributed by atoms with Gasteiger partial charge < -0.3 is 0 Å². The number of rotatable bonds is 1.